The van der Waals surface area contributed by atoms with Gasteiger partial charge >= 0.3 is 0 Å². The zero-order chi connectivity index (χ0) is 13.3. The number of aliphatic hydroxyl groups excluding tert-OH is 1. The molecule has 1 aliphatic carbocycles. The van der Waals surface area contributed by atoms with E-state index in [0.717, 1.165) is 18.2 Å². The lowest BCUT2D eigenvalue weighted by Gasteiger charge is -2.14. The van der Waals surface area contributed by atoms with Crippen LogP contribution in [0.15, 0.2) is 18.2 Å². The van der Waals surface area contributed by atoms with Gasteiger partial charge in [-0.3, -0.25) is 14.9 Å². The average molecular weight is 254 g/mol. The summed E-state index contributed by atoms with van der Waals surface area (Å²) in [5.74, 6) is -1.47. The Morgan fingerprint density at radius 3 is 2.72 bits per heavy atom. The highest BCUT2D eigenvalue weighted by Gasteiger charge is 2.44. The van der Waals surface area contributed by atoms with E-state index in [1.54, 1.807) is 0 Å². The van der Waals surface area contributed by atoms with E-state index in [-0.39, 0.29) is 12.2 Å². The largest absolute Gasteiger partial charge is 0.394 e. The minimum absolute atomic E-state index is 0.234. The summed E-state index contributed by atoms with van der Waals surface area (Å²) in [4.78, 5) is 21.8. The zero-order valence-electron chi connectivity index (χ0n) is 9.35. The molecule has 1 aromatic rings. The van der Waals surface area contributed by atoms with Crippen LogP contribution in [0.4, 0.5) is 10.1 Å². The summed E-state index contributed by atoms with van der Waals surface area (Å²) in [6, 6.07) is 2.69. The summed E-state index contributed by atoms with van der Waals surface area (Å²) in [6.45, 7) is -0.234. The fraction of sp³-hybridized carbons (Fsp3) is 0.364. The smallest absolute Gasteiger partial charge is 0.282 e. The van der Waals surface area contributed by atoms with Crippen LogP contribution in [0.1, 0.15) is 23.2 Å². The molecule has 7 heteroatoms. The topological polar surface area (TPSA) is 92.5 Å². The Morgan fingerprint density at radius 2 is 2.22 bits per heavy atom. The molecule has 1 aliphatic rings. The van der Waals surface area contributed by atoms with Crippen molar-refractivity contribution in [1.82, 2.24) is 5.32 Å². The van der Waals surface area contributed by atoms with Crippen molar-refractivity contribution in [2.45, 2.75) is 18.4 Å². The molecule has 1 aromatic carbocycles. The quantitative estimate of drug-likeness (QED) is 0.619. The van der Waals surface area contributed by atoms with Crippen molar-refractivity contribution in [1.29, 1.82) is 0 Å². The first-order chi connectivity index (χ1) is 8.47. The monoisotopic (exact) mass is 254 g/mol. The third-order valence-electron chi connectivity index (χ3n) is 2.93. The lowest BCUT2D eigenvalue weighted by atomic mass is 10.1. The second kappa shape index (κ2) is 4.34. The maximum absolute atomic E-state index is 13.0. The van der Waals surface area contributed by atoms with Gasteiger partial charge in [-0.25, -0.2) is 4.39 Å². The minimum Gasteiger partial charge on any atom is -0.394 e. The second-order valence-corrected chi connectivity index (χ2v) is 4.31. The van der Waals surface area contributed by atoms with Gasteiger partial charge in [0, 0.05) is 6.07 Å². The molecule has 2 rings (SSSR count). The van der Waals surface area contributed by atoms with E-state index >= 15 is 0 Å². The van der Waals surface area contributed by atoms with Crippen molar-refractivity contribution < 1.29 is 19.2 Å². The summed E-state index contributed by atoms with van der Waals surface area (Å²) >= 11 is 0. The number of rotatable bonds is 4. The zero-order valence-corrected chi connectivity index (χ0v) is 9.35. The highest BCUT2D eigenvalue weighted by molar-refractivity contribution is 5.98. The molecule has 0 aromatic heterocycles. The number of carbonyl (C=O) groups excluding carboxylic acids is 1. The van der Waals surface area contributed by atoms with Gasteiger partial charge in [-0.05, 0) is 25.0 Å². The van der Waals surface area contributed by atoms with Gasteiger partial charge in [0.05, 0.1) is 17.1 Å². The third-order valence-corrected chi connectivity index (χ3v) is 2.93. The Bertz CT molecular complexity index is 514. The number of hydrogen-bond donors (Lipinski definition) is 2. The van der Waals surface area contributed by atoms with Crippen LogP contribution in [0, 0.1) is 15.9 Å². The molecule has 1 amide bonds. The van der Waals surface area contributed by atoms with Crippen LogP contribution in [0.25, 0.3) is 0 Å². The number of nitro groups is 1. The number of nitrogens with zero attached hydrogens (tertiary/aromatic N) is 1. The Labute approximate surface area is 102 Å². The van der Waals surface area contributed by atoms with E-state index < -0.39 is 27.9 Å². The average Bonchev–Trinajstić information content (AvgIpc) is 3.09. The Morgan fingerprint density at radius 1 is 1.56 bits per heavy atom. The molecular formula is C11H11FN2O4. The predicted octanol–water partition coefficient (Wildman–Crippen LogP) is 0.989. The fourth-order valence-electron chi connectivity index (χ4n) is 1.63. The van der Waals surface area contributed by atoms with Crippen molar-refractivity contribution >= 4 is 11.6 Å². The first kappa shape index (κ1) is 12.4. The van der Waals surface area contributed by atoms with E-state index in [2.05, 4.69) is 5.32 Å². The number of carbonyl (C=O) groups is 1. The van der Waals surface area contributed by atoms with Crippen molar-refractivity contribution in [3.63, 3.8) is 0 Å². The van der Waals surface area contributed by atoms with Gasteiger partial charge in [0.1, 0.15) is 11.4 Å². The van der Waals surface area contributed by atoms with Crippen molar-refractivity contribution in [2.24, 2.45) is 0 Å². The second-order valence-electron chi connectivity index (χ2n) is 4.31. The van der Waals surface area contributed by atoms with Crippen molar-refractivity contribution in [3.05, 3.63) is 39.7 Å². The van der Waals surface area contributed by atoms with E-state index in [0.29, 0.717) is 12.8 Å². The molecule has 0 unspecified atom stereocenters. The van der Waals surface area contributed by atoms with Gasteiger partial charge in [0.25, 0.3) is 11.6 Å². The van der Waals surface area contributed by atoms with Gasteiger partial charge in [-0.1, -0.05) is 0 Å². The van der Waals surface area contributed by atoms with Gasteiger partial charge in [-0.2, -0.15) is 0 Å². The maximum Gasteiger partial charge on any atom is 0.282 e. The molecule has 1 fully saturated rings. The fourth-order valence-corrected chi connectivity index (χ4v) is 1.63. The van der Waals surface area contributed by atoms with Gasteiger partial charge < -0.3 is 10.4 Å². The van der Waals surface area contributed by atoms with E-state index in [1.807, 2.05) is 0 Å². The van der Waals surface area contributed by atoms with Crippen LogP contribution >= 0.6 is 0 Å². The minimum atomic E-state index is -0.743. The molecule has 6 nitrogen and oxygen atoms in total. The summed E-state index contributed by atoms with van der Waals surface area (Å²) in [7, 11) is 0. The van der Waals surface area contributed by atoms with E-state index in [1.165, 1.54) is 0 Å². The maximum atomic E-state index is 13.0. The molecule has 0 atom stereocenters. The number of nitro benzene ring substituents is 1. The highest BCUT2D eigenvalue weighted by Crippen LogP contribution is 2.35. The first-order valence-electron chi connectivity index (χ1n) is 5.35. The van der Waals surface area contributed by atoms with Gasteiger partial charge in [0.15, 0.2) is 0 Å². The molecular weight excluding hydrogens is 243 g/mol. The standard InChI is InChI=1S/C11H11FN2O4/c12-7-1-2-9(14(17)18)8(5-7)10(16)13-11(6-15)3-4-11/h1-2,5,15H,3-4,6H2,(H,13,16). The van der Waals surface area contributed by atoms with Gasteiger partial charge in [0.2, 0.25) is 0 Å². The summed E-state index contributed by atoms with van der Waals surface area (Å²) in [5, 5.41) is 22.3. The van der Waals surface area contributed by atoms with Crippen molar-refractivity contribution in [2.75, 3.05) is 6.61 Å². The number of hydrogen-bond acceptors (Lipinski definition) is 4. The third kappa shape index (κ3) is 2.30. The molecule has 2 N–H and O–H groups in total. The Balaban J connectivity index is 2.29. The Hall–Kier alpha value is -2.02. The molecule has 0 saturated heterocycles. The summed E-state index contributed by atoms with van der Waals surface area (Å²) in [6.07, 6.45) is 1.22. The molecule has 0 aliphatic heterocycles. The van der Waals surface area contributed by atoms with Gasteiger partial charge in [-0.15, -0.1) is 0 Å². The van der Waals surface area contributed by atoms with Crippen LogP contribution in [0.5, 0.6) is 0 Å². The number of amides is 1. The summed E-state index contributed by atoms with van der Waals surface area (Å²) < 4.78 is 13.0. The molecule has 1 saturated carbocycles. The molecule has 0 spiro atoms. The summed E-state index contributed by atoms with van der Waals surface area (Å²) in [5.41, 5.74) is -1.49. The Kier molecular flexibility index (Phi) is 3.00. The van der Waals surface area contributed by atoms with Crippen LogP contribution < -0.4 is 5.32 Å². The lowest BCUT2D eigenvalue weighted by molar-refractivity contribution is -0.385. The van der Waals surface area contributed by atoms with Crippen LogP contribution in [0.3, 0.4) is 0 Å². The SMILES string of the molecule is O=C(NC1(CO)CC1)c1cc(F)ccc1[N+](=O)[O-]. The lowest BCUT2D eigenvalue weighted by Crippen LogP contribution is -2.39. The number of halogens is 1. The van der Waals surface area contributed by atoms with Crippen LogP contribution in [-0.2, 0) is 0 Å². The number of benzene rings is 1. The highest BCUT2D eigenvalue weighted by atomic mass is 19.1. The van der Waals surface area contributed by atoms with E-state index in [9.17, 15) is 19.3 Å². The molecule has 0 radical (unpaired) electrons. The first-order valence-corrected chi connectivity index (χ1v) is 5.35. The molecule has 18 heavy (non-hydrogen) atoms. The van der Waals surface area contributed by atoms with Crippen molar-refractivity contribution in [3.8, 4) is 0 Å². The van der Waals surface area contributed by atoms with Crippen LogP contribution in [-0.4, -0.2) is 28.1 Å². The normalized spacial score (nSPS) is 16.1. The number of nitrogens with one attached hydrogen (secondary N) is 1. The number of aliphatic hydroxyl groups is 1. The molecule has 0 bridgehead atoms. The van der Waals surface area contributed by atoms with E-state index in [4.69, 9.17) is 5.11 Å². The van der Waals surface area contributed by atoms with Crippen LogP contribution in [0.2, 0.25) is 0 Å². The predicted molar refractivity (Wildman–Crippen MR) is 59.6 cm³/mol. The molecule has 0 heterocycles. The molecule has 96 valence electrons.